The van der Waals surface area contributed by atoms with Crippen molar-refractivity contribution in [1.29, 1.82) is 5.26 Å². The lowest BCUT2D eigenvalue weighted by molar-refractivity contribution is 0.297. The third-order valence-corrected chi connectivity index (χ3v) is 3.41. The topological polar surface area (TPSA) is 33.0 Å². The average molecular weight is 310 g/mol. The van der Waals surface area contributed by atoms with Crippen molar-refractivity contribution in [3.63, 3.8) is 0 Å². The first-order valence-electron chi connectivity index (χ1n) is 5.81. The second kappa shape index (κ2) is 6.60. The van der Waals surface area contributed by atoms with Crippen molar-refractivity contribution in [2.24, 2.45) is 0 Å². The highest BCUT2D eigenvalue weighted by molar-refractivity contribution is 6.32. The maximum atomic E-state index is 13.9. The van der Waals surface area contributed by atoms with Crippen LogP contribution in [0.3, 0.4) is 0 Å². The molecule has 0 aliphatic carbocycles. The number of hydrogen-bond acceptors (Lipinski definition) is 2. The molecule has 0 aliphatic rings. The van der Waals surface area contributed by atoms with Gasteiger partial charge in [0.25, 0.3) is 0 Å². The fourth-order valence-corrected chi connectivity index (χ4v) is 2.31. The molecule has 0 fully saturated rings. The first kappa shape index (κ1) is 14.6. The monoisotopic (exact) mass is 309 g/mol. The Morgan fingerprint density at radius 2 is 1.95 bits per heavy atom. The van der Waals surface area contributed by atoms with Crippen molar-refractivity contribution in [3.8, 4) is 11.8 Å². The van der Waals surface area contributed by atoms with Crippen LogP contribution in [0.4, 0.5) is 4.39 Å². The molecule has 0 unspecified atom stereocenters. The van der Waals surface area contributed by atoms with Crippen LogP contribution in [0.25, 0.3) is 0 Å². The number of halogens is 3. The van der Waals surface area contributed by atoms with E-state index in [-0.39, 0.29) is 18.1 Å². The van der Waals surface area contributed by atoms with E-state index in [0.717, 1.165) is 0 Å². The van der Waals surface area contributed by atoms with Crippen molar-refractivity contribution < 1.29 is 9.13 Å². The third-order valence-electron chi connectivity index (χ3n) is 2.79. The molecule has 0 radical (unpaired) electrons. The molecule has 0 atom stereocenters. The summed E-state index contributed by atoms with van der Waals surface area (Å²) in [7, 11) is 0. The van der Waals surface area contributed by atoms with E-state index >= 15 is 0 Å². The molecule has 2 nitrogen and oxygen atoms in total. The Bertz CT molecular complexity index is 653. The molecule has 0 bridgehead atoms. The number of ether oxygens (including phenoxy) is 1. The Labute approximate surface area is 126 Å². The van der Waals surface area contributed by atoms with Gasteiger partial charge in [0.1, 0.15) is 24.2 Å². The molecule has 0 aliphatic heterocycles. The third kappa shape index (κ3) is 3.04. The summed E-state index contributed by atoms with van der Waals surface area (Å²) in [5.41, 5.74) is 0.965. The summed E-state index contributed by atoms with van der Waals surface area (Å²) in [6.45, 7) is 0.00554. The Kier molecular flexibility index (Phi) is 4.84. The molecule has 5 heteroatoms. The minimum atomic E-state index is -0.565. The van der Waals surface area contributed by atoms with Crippen LogP contribution < -0.4 is 4.74 Å². The summed E-state index contributed by atoms with van der Waals surface area (Å²) in [6.07, 6.45) is 0. The lowest BCUT2D eigenvalue weighted by Crippen LogP contribution is -2.02. The van der Waals surface area contributed by atoms with Crippen LogP contribution >= 0.6 is 23.2 Å². The molecule has 102 valence electrons. The van der Waals surface area contributed by atoms with Gasteiger partial charge < -0.3 is 4.74 Å². The maximum Gasteiger partial charge on any atom is 0.147 e. The predicted octanol–water partition coefficient (Wildman–Crippen LogP) is 4.67. The molecule has 0 heterocycles. The summed E-state index contributed by atoms with van der Waals surface area (Å²) < 4.78 is 19.4. The second-order valence-electron chi connectivity index (χ2n) is 4.03. The molecular weight excluding hydrogens is 300 g/mol. The van der Waals surface area contributed by atoms with E-state index in [1.54, 1.807) is 36.4 Å². The van der Waals surface area contributed by atoms with Gasteiger partial charge in [-0.2, -0.15) is 5.26 Å². The number of rotatable bonds is 4. The van der Waals surface area contributed by atoms with Gasteiger partial charge in [-0.25, -0.2) is 4.39 Å². The standard InChI is InChI=1S/C15H10Cl2FNO/c16-7-12-13(17)5-2-6-14(12)20-9-11-4-1-3-10(8-19)15(11)18/h1-6H,7,9H2. The summed E-state index contributed by atoms with van der Waals surface area (Å²) in [5.74, 6) is 0.147. The molecule has 20 heavy (non-hydrogen) atoms. The van der Waals surface area contributed by atoms with E-state index in [9.17, 15) is 4.39 Å². The van der Waals surface area contributed by atoms with E-state index in [2.05, 4.69) is 0 Å². The van der Waals surface area contributed by atoms with Crippen LogP contribution in [-0.2, 0) is 12.5 Å². The highest BCUT2D eigenvalue weighted by Crippen LogP contribution is 2.28. The smallest absolute Gasteiger partial charge is 0.147 e. The van der Waals surface area contributed by atoms with Gasteiger partial charge >= 0.3 is 0 Å². The van der Waals surface area contributed by atoms with Crippen molar-refractivity contribution in [2.75, 3.05) is 0 Å². The lowest BCUT2D eigenvalue weighted by Gasteiger charge is -2.12. The minimum Gasteiger partial charge on any atom is -0.488 e. The molecule has 0 aromatic heterocycles. The van der Waals surface area contributed by atoms with Gasteiger partial charge in [0.15, 0.2) is 0 Å². The Morgan fingerprint density at radius 1 is 1.20 bits per heavy atom. The van der Waals surface area contributed by atoms with Gasteiger partial charge in [0.05, 0.1) is 11.4 Å². The van der Waals surface area contributed by atoms with E-state index in [1.165, 1.54) is 6.07 Å². The molecule has 2 rings (SSSR count). The zero-order chi connectivity index (χ0) is 14.5. The van der Waals surface area contributed by atoms with E-state index in [4.69, 9.17) is 33.2 Å². The normalized spacial score (nSPS) is 10.1. The van der Waals surface area contributed by atoms with E-state index in [0.29, 0.717) is 21.9 Å². The van der Waals surface area contributed by atoms with Crippen LogP contribution in [-0.4, -0.2) is 0 Å². The van der Waals surface area contributed by atoms with Gasteiger partial charge in [-0.3, -0.25) is 0 Å². The Hall–Kier alpha value is -1.76. The quantitative estimate of drug-likeness (QED) is 0.769. The number of benzene rings is 2. The van der Waals surface area contributed by atoms with Gasteiger partial charge in [-0.05, 0) is 18.2 Å². The summed E-state index contributed by atoms with van der Waals surface area (Å²) in [5, 5.41) is 9.28. The SMILES string of the molecule is N#Cc1cccc(COc2cccc(Cl)c2CCl)c1F. The number of nitrogens with zero attached hydrogens (tertiary/aromatic N) is 1. The molecule has 0 saturated heterocycles. The fourth-order valence-electron chi connectivity index (χ4n) is 1.74. The zero-order valence-corrected chi connectivity index (χ0v) is 11.9. The molecule has 2 aromatic carbocycles. The fraction of sp³-hybridized carbons (Fsp3) is 0.133. The molecule has 0 spiro atoms. The highest BCUT2D eigenvalue weighted by atomic mass is 35.5. The molecule has 2 aromatic rings. The zero-order valence-electron chi connectivity index (χ0n) is 10.4. The van der Waals surface area contributed by atoms with Gasteiger partial charge in [0.2, 0.25) is 0 Å². The number of alkyl halides is 1. The van der Waals surface area contributed by atoms with Crippen LogP contribution in [0.2, 0.25) is 5.02 Å². The van der Waals surface area contributed by atoms with Gasteiger partial charge in [-0.1, -0.05) is 29.8 Å². The lowest BCUT2D eigenvalue weighted by atomic mass is 10.1. The molecule has 0 N–H and O–H groups in total. The van der Waals surface area contributed by atoms with Crippen LogP contribution in [0.5, 0.6) is 5.75 Å². The summed E-state index contributed by atoms with van der Waals surface area (Å²) in [6, 6.07) is 11.6. The second-order valence-corrected chi connectivity index (χ2v) is 4.70. The van der Waals surface area contributed by atoms with Gasteiger partial charge in [-0.15, -0.1) is 11.6 Å². The van der Waals surface area contributed by atoms with Crippen molar-refractivity contribution >= 4 is 23.2 Å². The van der Waals surface area contributed by atoms with Crippen LogP contribution in [0.1, 0.15) is 16.7 Å². The minimum absolute atomic E-state index is 0.00485. The highest BCUT2D eigenvalue weighted by Gasteiger charge is 2.11. The number of hydrogen-bond donors (Lipinski definition) is 0. The van der Waals surface area contributed by atoms with Crippen LogP contribution in [0, 0.1) is 17.1 Å². The summed E-state index contributed by atoms with van der Waals surface area (Å²) >= 11 is 11.8. The maximum absolute atomic E-state index is 13.9. The molecular formula is C15H10Cl2FNO. The first-order chi connectivity index (χ1) is 9.67. The first-order valence-corrected chi connectivity index (χ1v) is 6.72. The summed E-state index contributed by atoms with van der Waals surface area (Å²) in [4.78, 5) is 0. The predicted molar refractivity (Wildman–Crippen MR) is 76.5 cm³/mol. The molecule has 0 saturated carbocycles. The molecule has 0 amide bonds. The number of nitriles is 1. The van der Waals surface area contributed by atoms with Crippen molar-refractivity contribution in [2.45, 2.75) is 12.5 Å². The van der Waals surface area contributed by atoms with Crippen molar-refractivity contribution in [1.82, 2.24) is 0 Å². The average Bonchev–Trinajstić information content (AvgIpc) is 2.46. The Balaban J connectivity index is 2.22. The van der Waals surface area contributed by atoms with Crippen molar-refractivity contribution in [3.05, 3.63) is 63.9 Å². The van der Waals surface area contributed by atoms with E-state index in [1.807, 2.05) is 0 Å². The Morgan fingerprint density at radius 3 is 2.65 bits per heavy atom. The largest absolute Gasteiger partial charge is 0.488 e. The van der Waals surface area contributed by atoms with Gasteiger partial charge in [0, 0.05) is 16.1 Å². The van der Waals surface area contributed by atoms with Crippen LogP contribution in [0.15, 0.2) is 36.4 Å². The van der Waals surface area contributed by atoms with E-state index < -0.39 is 5.82 Å².